The Morgan fingerprint density at radius 1 is 1.43 bits per heavy atom. The van der Waals surface area contributed by atoms with Gasteiger partial charge in [-0.25, -0.2) is 0 Å². The van der Waals surface area contributed by atoms with E-state index in [-0.39, 0.29) is 5.96 Å². The van der Waals surface area contributed by atoms with Crippen LogP contribution in [0.3, 0.4) is 0 Å². The van der Waals surface area contributed by atoms with Gasteiger partial charge in [0.2, 0.25) is 0 Å². The largest absolute Gasteiger partial charge is 0.370 e. The predicted octanol–water partition coefficient (Wildman–Crippen LogP) is 0.980. The Hall–Kier alpha value is -0.770. The molecule has 14 heavy (non-hydrogen) atoms. The molecule has 4 N–H and O–H groups in total. The lowest BCUT2D eigenvalue weighted by Crippen LogP contribution is -2.33. The van der Waals surface area contributed by atoms with Crippen LogP contribution in [-0.2, 0) is 0 Å². The molecule has 0 amide bonds. The van der Waals surface area contributed by atoms with E-state index in [4.69, 9.17) is 11.1 Å². The molecule has 0 unspecified atom stereocenters. The van der Waals surface area contributed by atoms with Gasteiger partial charge in [-0.05, 0) is 33.4 Å². The number of nitrogens with one attached hydrogen (secondary N) is 2. The highest BCUT2D eigenvalue weighted by Gasteiger charge is 2.08. The summed E-state index contributed by atoms with van der Waals surface area (Å²) in [6.45, 7) is 3.02. The molecule has 0 heterocycles. The van der Waals surface area contributed by atoms with Gasteiger partial charge in [0, 0.05) is 12.6 Å². The number of hydrogen-bond donors (Lipinski definition) is 3. The van der Waals surface area contributed by atoms with Gasteiger partial charge in [0.25, 0.3) is 0 Å². The molecule has 0 saturated heterocycles. The van der Waals surface area contributed by atoms with E-state index in [0.29, 0.717) is 6.04 Å². The molecule has 4 heteroatoms. The van der Waals surface area contributed by atoms with Gasteiger partial charge in [-0.2, -0.15) is 0 Å². The Morgan fingerprint density at radius 3 is 2.50 bits per heavy atom. The van der Waals surface area contributed by atoms with Crippen molar-refractivity contribution in [2.24, 2.45) is 5.73 Å². The standard InChI is InChI=1S/C10H24N4/c1-4-6-9(14(2)3)7-5-8-13-10(11)12/h9H,4-8H2,1-3H3,(H4,11,12,13)/t9-/m1/s1. The SMILES string of the molecule is CCC[C@H](CCCNC(=N)N)N(C)C. The zero-order valence-corrected chi connectivity index (χ0v) is 9.64. The number of nitrogens with two attached hydrogens (primary N) is 1. The molecule has 0 aromatic heterocycles. The second-order valence-electron chi connectivity index (χ2n) is 3.89. The Morgan fingerprint density at radius 2 is 2.07 bits per heavy atom. The number of nitrogens with zero attached hydrogens (tertiary/aromatic N) is 1. The van der Waals surface area contributed by atoms with E-state index < -0.39 is 0 Å². The summed E-state index contributed by atoms with van der Waals surface area (Å²) in [5, 5.41) is 9.83. The van der Waals surface area contributed by atoms with Crippen molar-refractivity contribution in [2.45, 2.75) is 38.6 Å². The molecular formula is C10H24N4. The number of rotatable bonds is 7. The summed E-state index contributed by atoms with van der Waals surface area (Å²) < 4.78 is 0. The average Bonchev–Trinajstić information content (AvgIpc) is 2.09. The van der Waals surface area contributed by atoms with Crippen molar-refractivity contribution in [1.29, 1.82) is 5.41 Å². The summed E-state index contributed by atoms with van der Waals surface area (Å²) in [7, 11) is 4.25. The summed E-state index contributed by atoms with van der Waals surface area (Å²) >= 11 is 0. The van der Waals surface area contributed by atoms with E-state index in [0.717, 1.165) is 13.0 Å². The Labute approximate surface area is 87.4 Å². The number of guanidine groups is 1. The van der Waals surface area contributed by atoms with E-state index >= 15 is 0 Å². The van der Waals surface area contributed by atoms with Gasteiger partial charge in [-0.1, -0.05) is 13.3 Å². The lowest BCUT2D eigenvalue weighted by Gasteiger charge is -2.23. The lowest BCUT2D eigenvalue weighted by atomic mass is 10.1. The molecule has 0 aromatic rings. The van der Waals surface area contributed by atoms with Crippen molar-refractivity contribution >= 4 is 5.96 Å². The van der Waals surface area contributed by atoms with Crippen LogP contribution in [0.5, 0.6) is 0 Å². The maximum absolute atomic E-state index is 7.00. The van der Waals surface area contributed by atoms with E-state index in [2.05, 4.69) is 31.2 Å². The fraction of sp³-hybridized carbons (Fsp3) is 0.900. The van der Waals surface area contributed by atoms with E-state index in [1.165, 1.54) is 19.3 Å². The van der Waals surface area contributed by atoms with Crippen LogP contribution in [0, 0.1) is 5.41 Å². The Kier molecular flexibility index (Phi) is 7.20. The third-order valence-corrected chi connectivity index (χ3v) is 2.38. The van der Waals surface area contributed by atoms with Crippen LogP contribution in [-0.4, -0.2) is 37.5 Å². The Bertz CT molecular complexity index is 156. The van der Waals surface area contributed by atoms with Crippen LogP contribution in [0.1, 0.15) is 32.6 Å². The molecule has 0 aliphatic heterocycles. The molecule has 0 spiro atoms. The first-order valence-electron chi connectivity index (χ1n) is 5.32. The molecule has 84 valence electrons. The molecular weight excluding hydrogens is 176 g/mol. The molecule has 0 fully saturated rings. The molecule has 0 bridgehead atoms. The zero-order chi connectivity index (χ0) is 11.0. The van der Waals surface area contributed by atoms with Crippen molar-refractivity contribution in [3.05, 3.63) is 0 Å². The maximum atomic E-state index is 7.00. The van der Waals surface area contributed by atoms with Gasteiger partial charge in [0.15, 0.2) is 5.96 Å². The van der Waals surface area contributed by atoms with Crippen LogP contribution in [0.25, 0.3) is 0 Å². The minimum absolute atomic E-state index is 0.0712. The molecule has 0 saturated carbocycles. The predicted molar refractivity (Wildman–Crippen MR) is 61.5 cm³/mol. The quantitative estimate of drug-likeness (QED) is 0.326. The Balaban J connectivity index is 3.55. The van der Waals surface area contributed by atoms with Crippen molar-refractivity contribution < 1.29 is 0 Å². The monoisotopic (exact) mass is 200 g/mol. The van der Waals surface area contributed by atoms with E-state index in [9.17, 15) is 0 Å². The fourth-order valence-corrected chi connectivity index (χ4v) is 1.55. The lowest BCUT2D eigenvalue weighted by molar-refractivity contribution is 0.258. The van der Waals surface area contributed by atoms with Crippen molar-refractivity contribution in [1.82, 2.24) is 10.2 Å². The number of hydrogen-bond acceptors (Lipinski definition) is 2. The first-order chi connectivity index (χ1) is 6.57. The third kappa shape index (κ3) is 6.71. The van der Waals surface area contributed by atoms with Crippen LogP contribution < -0.4 is 11.1 Å². The summed E-state index contributed by atoms with van der Waals surface area (Å²) in [4.78, 5) is 2.28. The molecule has 0 aromatic carbocycles. The van der Waals surface area contributed by atoms with Gasteiger partial charge in [-0.15, -0.1) is 0 Å². The van der Waals surface area contributed by atoms with Gasteiger partial charge in [0.05, 0.1) is 0 Å². The highest BCUT2D eigenvalue weighted by atomic mass is 15.1. The van der Waals surface area contributed by atoms with Crippen LogP contribution >= 0.6 is 0 Å². The van der Waals surface area contributed by atoms with E-state index in [1.54, 1.807) is 0 Å². The highest BCUT2D eigenvalue weighted by Crippen LogP contribution is 2.09. The highest BCUT2D eigenvalue weighted by molar-refractivity contribution is 5.74. The van der Waals surface area contributed by atoms with Crippen LogP contribution in [0.4, 0.5) is 0 Å². The smallest absolute Gasteiger partial charge is 0.185 e. The second-order valence-corrected chi connectivity index (χ2v) is 3.89. The van der Waals surface area contributed by atoms with Gasteiger partial charge < -0.3 is 16.0 Å². The minimum Gasteiger partial charge on any atom is -0.370 e. The van der Waals surface area contributed by atoms with Crippen LogP contribution in [0.2, 0.25) is 0 Å². The van der Waals surface area contributed by atoms with Gasteiger partial charge in [0.1, 0.15) is 0 Å². The summed E-state index contributed by atoms with van der Waals surface area (Å²) in [5.41, 5.74) is 5.19. The summed E-state index contributed by atoms with van der Waals surface area (Å²) in [6.07, 6.45) is 4.71. The summed E-state index contributed by atoms with van der Waals surface area (Å²) in [6, 6.07) is 0.661. The maximum Gasteiger partial charge on any atom is 0.185 e. The topological polar surface area (TPSA) is 65.1 Å². The van der Waals surface area contributed by atoms with Crippen molar-refractivity contribution in [3.63, 3.8) is 0 Å². The normalized spacial score (nSPS) is 12.9. The molecule has 0 aliphatic rings. The van der Waals surface area contributed by atoms with E-state index in [1.807, 2.05) is 0 Å². The minimum atomic E-state index is 0.0712. The molecule has 0 radical (unpaired) electrons. The van der Waals surface area contributed by atoms with Gasteiger partial charge >= 0.3 is 0 Å². The van der Waals surface area contributed by atoms with Crippen molar-refractivity contribution in [3.8, 4) is 0 Å². The third-order valence-electron chi connectivity index (χ3n) is 2.38. The molecule has 0 rings (SSSR count). The first kappa shape index (κ1) is 13.2. The second kappa shape index (κ2) is 7.62. The average molecular weight is 200 g/mol. The fourth-order valence-electron chi connectivity index (χ4n) is 1.55. The summed E-state index contributed by atoms with van der Waals surface area (Å²) in [5.74, 6) is 0.0712. The molecule has 4 nitrogen and oxygen atoms in total. The molecule has 0 aliphatic carbocycles. The molecule has 1 atom stereocenters. The van der Waals surface area contributed by atoms with Crippen LogP contribution in [0.15, 0.2) is 0 Å². The van der Waals surface area contributed by atoms with Crippen molar-refractivity contribution in [2.75, 3.05) is 20.6 Å². The first-order valence-corrected chi connectivity index (χ1v) is 5.32. The zero-order valence-electron chi connectivity index (χ0n) is 9.64. The van der Waals surface area contributed by atoms with Gasteiger partial charge in [-0.3, -0.25) is 5.41 Å².